The zero-order valence-corrected chi connectivity index (χ0v) is 15.5. The SMILES string of the molecule is O=C(CN1C(=O)CCOc2ccccc21)Nc1ccc(N2CCOCC2)nc1. The minimum Gasteiger partial charge on any atom is -0.491 e. The Morgan fingerprint density at radius 1 is 1.11 bits per heavy atom. The van der Waals surface area contributed by atoms with Crippen molar-refractivity contribution in [3.63, 3.8) is 0 Å². The lowest BCUT2D eigenvalue weighted by atomic mass is 10.2. The molecule has 28 heavy (non-hydrogen) atoms. The van der Waals surface area contributed by atoms with Gasteiger partial charge in [0, 0.05) is 13.1 Å². The van der Waals surface area contributed by atoms with Crippen molar-refractivity contribution in [2.24, 2.45) is 0 Å². The van der Waals surface area contributed by atoms with Gasteiger partial charge in [0.2, 0.25) is 11.8 Å². The number of benzene rings is 1. The van der Waals surface area contributed by atoms with Crippen LogP contribution in [0.25, 0.3) is 0 Å². The van der Waals surface area contributed by atoms with Gasteiger partial charge in [-0.1, -0.05) is 12.1 Å². The quantitative estimate of drug-likeness (QED) is 0.866. The number of hydrogen-bond donors (Lipinski definition) is 1. The number of pyridine rings is 1. The maximum Gasteiger partial charge on any atom is 0.244 e. The molecule has 0 radical (unpaired) electrons. The van der Waals surface area contributed by atoms with E-state index in [2.05, 4.69) is 15.2 Å². The molecule has 0 aliphatic carbocycles. The summed E-state index contributed by atoms with van der Waals surface area (Å²) in [6.07, 6.45) is 1.86. The zero-order valence-electron chi connectivity index (χ0n) is 15.5. The van der Waals surface area contributed by atoms with E-state index in [0.29, 0.717) is 36.9 Å². The number of rotatable bonds is 4. The van der Waals surface area contributed by atoms with E-state index in [1.807, 2.05) is 24.3 Å². The summed E-state index contributed by atoms with van der Waals surface area (Å²) in [4.78, 5) is 33.0. The van der Waals surface area contributed by atoms with Crippen molar-refractivity contribution >= 4 is 29.0 Å². The van der Waals surface area contributed by atoms with Gasteiger partial charge in [0.25, 0.3) is 0 Å². The molecule has 0 atom stereocenters. The van der Waals surface area contributed by atoms with Crippen LogP contribution in [0.2, 0.25) is 0 Å². The molecule has 8 heteroatoms. The number of hydrogen-bond acceptors (Lipinski definition) is 6. The van der Waals surface area contributed by atoms with Gasteiger partial charge in [-0.15, -0.1) is 0 Å². The molecule has 2 aromatic rings. The fourth-order valence-corrected chi connectivity index (χ4v) is 3.28. The lowest BCUT2D eigenvalue weighted by molar-refractivity contribution is -0.121. The highest BCUT2D eigenvalue weighted by Crippen LogP contribution is 2.30. The molecule has 0 saturated carbocycles. The van der Waals surface area contributed by atoms with Crippen LogP contribution in [-0.4, -0.2) is 56.3 Å². The van der Waals surface area contributed by atoms with E-state index in [1.165, 1.54) is 4.90 Å². The Balaban J connectivity index is 1.42. The van der Waals surface area contributed by atoms with Crippen molar-refractivity contribution in [1.29, 1.82) is 0 Å². The second-order valence-electron chi connectivity index (χ2n) is 6.60. The minimum atomic E-state index is -0.286. The number of morpholine rings is 1. The van der Waals surface area contributed by atoms with Crippen molar-refractivity contribution in [2.45, 2.75) is 6.42 Å². The molecule has 3 heterocycles. The fraction of sp³-hybridized carbons (Fsp3) is 0.350. The Morgan fingerprint density at radius 2 is 1.93 bits per heavy atom. The fourth-order valence-electron chi connectivity index (χ4n) is 3.28. The molecule has 0 spiro atoms. The van der Waals surface area contributed by atoms with Gasteiger partial charge in [-0.3, -0.25) is 14.5 Å². The number of ether oxygens (including phenoxy) is 2. The average Bonchev–Trinajstić information content (AvgIpc) is 2.88. The monoisotopic (exact) mass is 382 g/mol. The first kappa shape index (κ1) is 18.2. The Bertz CT molecular complexity index is 850. The van der Waals surface area contributed by atoms with Gasteiger partial charge < -0.3 is 19.7 Å². The zero-order chi connectivity index (χ0) is 19.3. The molecule has 1 aromatic heterocycles. The molecule has 1 N–H and O–H groups in total. The molecule has 2 amide bonds. The van der Waals surface area contributed by atoms with Crippen LogP contribution in [0.4, 0.5) is 17.2 Å². The molecular formula is C20H22N4O4. The van der Waals surface area contributed by atoms with Crippen molar-refractivity contribution in [2.75, 3.05) is 54.6 Å². The number of nitrogens with zero attached hydrogens (tertiary/aromatic N) is 3. The second kappa shape index (κ2) is 8.26. The summed E-state index contributed by atoms with van der Waals surface area (Å²) in [7, 11) is 0. The van der Waals surface area contributed by atoms with E-state index in [1.54, 1.807) is 18.3 Å². The number of carbonyl (C=O) groups excluding carboxylic acids is 2. The van der Waals surface area contributed by atoms with Crippen LogP contribution in [-0.2, 0) is 14.3 Å². The molecule has 4 rings (SSSR count). The van der Waals surface area contributed by atoms with Gasteiger partial charge in [0.1, 0.15) is 18.1 Å². The van der Waals surface area contributed by atoms with Gasteiger partial charge in [0.15, 0.2) is 0 Å². The van der Waals surface area contributed by atoms with Crippen LogP contribution in [0, 0.1) is 0 Å². The number of aromatic nitrogens is 1. The Morgan fingerprint density at radius 3 is 2.71 bits per heavy atom. The predicted molar refractivity (Wildman–Crippen MR) is 105 cm³/mol. The summed E-state index contributed by atoms with van der Waals surface area (Å²) >= 11 is 0. The number of fused-ring (bicyclic) bond motifs is 1. The van der Waals surface area contributed by atoms with Crippen molar-refractivity contribution < 1.29 is 19.1 Å². The van der Waals surface area contributed by atoms with Crippen molar-refractivity contribution in [1.82, 2.24) is 4.98 Å². The van der Waals surface area contributed by atoms with Gasteiger partial charge in [-0.25, -0.2) is 4.98 Å². The highest BCUT2D eigenvalue weighted by molar-refractivity contribution is 6.03. The largest absolute Gasteiger partial charge is 0.491 e. The molecule has 0 unspecified atom stereocenters. The van der Waals surface area contributed by atoms with Crippen LogP contribution in [0.15, 0.2) is 42.6 Å². The average molecular weight is 382 g/mol. The predicted octanol–water partition coefficient (Wildman–Crippen LogP) is 1.67. The van der Waals surface area contributed by atoms with E-state index in [9.17, 15) is 9.59 Å². The van der Waals surface area contributed by atoms with Crippen molar-refractivity contribution in [3.8, 4) is 5.75 Å². The van der Waals surface area contributed by atoms with Gasteiger partial charge in [-0.05, 0) is 24.3 Å². The number of anilines is 3. The number of carbonyl (C=O) groups is 2. The summed E-state index contributed by atoms with van der Waals surface area (Å²) in [6.45, 7) is 3.21. The normalized spacial score (nSPS) is 16.8. The third-order valence-corrected chi connectivity index (χ3v) is 4.70. The first-order valence-corrected chi connectivity index (χ1v) is 9.31. The molecule has 8 nitrogen and oxygen atoms in total. The molecule has 146 valence electrons. The lowest BCUT2D eigenvalue weighted by Crippen LogP contribution is -2.38. The molecule has 1 aromatic carbocycles. The second-order valence-corrected chi connectivity index (χ2v) is 6.60. The summed E-state index contributed by atoms with van der Waals surface area (Å²) in [5.74, 6) is 1.04. The van der Waals surface area contributed by atoms with Gasteiger partial charge in [0.05, 0.1) is 43.8 Å². The summed E-state index contributed by atoms with van der Waals surface area (Å²) < 4.78 is 10.9. The number of para-hydroxylation sites is 2. The van der Waals surface area contributed by atoms with Gasteiger partial charge >= 0.3 is 0 Å². The Labute approximate surface area is 163 Å². The molecule has 2 aliphatic rings. The van der Waals surface area contributed by atoms with Crippen LogP contribution >= 0.6 is 0 Å². The summed E-state index contributed by atoms with van der Waals surface area (Å²) in [5, 5.41) is 2.81. The highest BCUT2D eigenvalue weighted by atomic mass is 16.5. The van der Waals surface area contributed by atoms with E-state index >= 15 is 0 Å². The molecule has 0 bridgehead atoms. The van der Waals surface area contributed by atoms with Gasteiger partial charge in [-0.2, -0.15) is 0 Å². The van der Waals surface area contributed by atoms with E-state index in [4.69, 9.17) is 9.47 Å². The topological polar surface area (TPSA) is 84.0 Å². The van der Waals surface area contributed by atoms with Crippen LogP contribution < -0.4 is 19.9 Å². The smallest absolute Gasteiger partial charge is 0.244 e. The molecule has 2 aliphatic heterocycles. The van der Waals surface area contributed by atoms with E-state index in [0.717, 1.165) is 18.9 Å². The molecule has 1 saturated heterocycles. The summed E-state index contributed by atoms with van der Waals surface area (Å²) in [6, 6.07) is 10.9. The maximum absolute atomic E-state index is 12.5. The summed E-state index contributed by atoms with van der Waals surface area (Å²) in [5.41, 5.74) is 1.20. The van der Waals surface area contributed by atoms with E-state index < -0.39 is 0 Å². The first-order chi connectivity index (χ1) is 13.7. The lowest BCUT2D eigenvalue weighted by Gasteiger charge is -2.27. The van der Waals surface area contributed by atoms with Crippen molar-refractivity contribution in [3.05, 3.63) is 42.6 Å². The number of amides is 2. The molecule has 1 fully saturated rings. The Hall–Kier alpha value is -3.13. The highest BCUT2D eigenvalue weighted by Gasteiger charge is 2.25. The first-order valence-electron chi connectivity index (χ1n) is 9.31. The third kappa shape index (κ3) is 4.07. The van der Waals surface area contributed by atoms with Crippen LogP contribution in [0.5, 0.6) is 5.75 Å². The minimum absolute atomic E-state index is 0.0789. The van der Waals surface area contributed by atoms with E-state index in [-0.39, 0.29) is 24.8 Å². The third-order valence-electron chi connectivity index (χ3n) is 4.70. The number of nitrogens with one attached hydrogen (secondary N) is 1. The molecular weight excluding hydrogens is 360 g/mol. The standard InChI is InChI=1S/C20H22N4O4/c25-19(14-24-16-3-1-2-4-17(16)28-10-7-20(24)26)22-15-5-6-18(21-13-15)23-8-11-27-12-9-23/h1-6,13H,7-12,14H2,(H,22,25). The van der Waals surface area contributed by atoms with Crippen LogP contribution in [0.3, 0.4) is 0 Å². The Kier molecular flexibility index (Phi) is 5.38. The van der Waals surface area contributed by atoms with Crippen LogP contribution in [0.1, 0.15) is 6.42 Å². The maximum atomic E-state index is 12.5.